The van der Waals surface area contributed by atoms with E-state index < -0.39 is 10.0 Å². The lowest BCUT2D eigenvalue weighted by molar-refractivity contribution is 0.556. The number of hydrogen-bond donors (Lipinski definition) is 1. The predicted molar refractivity (Wildman–Crippen MR) is 84.4 cm³/mol. The molecule has 7 heteroatoms. The summed E-state index contributed by atoms with van der Waals surface area (Å²) in [6, 6.07) is 6.49. The van der Waals surface area contributed by atoms with E-state index in [9.17, 15) is 8.42 Å². The number of sulfonamides is 1. The maximum Gasteiger partial charge on any atom is 0.216 e. The number of nitriles is 1. The van der Waals surface area contributed by atoms with Crippen LogP contribution in [-0.4, -0.2) is 26.5 Å². The zero-order valence-corrected chi connectivity index (χ0v) is 13.8. The van der Waals surface area contributed by atoms with E-state index in [-0.39, 0.29) is 11.8 Å². The van der Waals surface area contributed by atoms with Gasteiger partial charge in [-0.25, -0.2) is 13.1 Å². The molecule has 0 bridgehead atoms. The molecule has 0 spiro atoms. The summed E-state index contributed by atoms with van der Waals surface area (Å²) >= 11 is 7.46. The Balaban J connectivity index is 2.79. The van der Waals surface area contributed by atoms with Crippen LogP contribution in [0.4, 0.5) is 0 Å². The van der Waals surface area contributed by atoms with E-state index in [1.807, 2.05) is 19.2 Å². The second-order valence-electron chi connectivity index (χ2n) is 4.47. The van der Waals surface area contributed by atoms with Crippen LogP contribution < -0.4 is 4.72 Å². The molecule has 1 N–H and O–H groups in total. The molecule has 0 aromatic heterocycles. The van der Waals surface area contributed by atoms with Crippen LogP contribution in [0.25, 0.3) is 0 Å². The summed E-state index contributed by atoms with van der Waals surface area (Å²) in [6.45, 7) is 1.83. The molecule has 0 saturated heterocycles. The quantitative estimate of drug-likeness (QED) is 0.833. The molecular weight excluding hydrogens is 316 g/mol. The lowest BCUT2D eigenvalue weighted by atomic mass is 10.1. The average Bonchev–Trinajstić information content (AvgIpc) is 2.37. The summed E-state index contributed by atoms with van der Waals surface area (Å²) in [4.78, 5) is 0. The van der Waals surface area contributed by atoms with Gasteiger partial charge in [-0.05, 0) is 43.0 Å². The van der Waals surface area contributed by atoms with Gasteiger partial charge < -0.3 is 0 Å². The topological polar surface area (TPSA) is 70.0 Å². The first-order valence-electron chi connectivity index (χ1n) is 6.05. The van der Waals surface area contributed by atoms with Crippen LogP contribution in [0.1, 0.15) is 24.5 Å². The average molecular weight is 333 g/mol. The maximum atomic E-state index is 12.1. The number of nitrogens with one attached hydrogen (secondary N) is 1. The van der Waals surface area contributed by atoms with Gasteiger partial charge in [-0.15, -0.1) is 0 Å². The first-order chi connectivity index (χ1) is 9.38. The Kier molecular flexibility index (Phi) is 6.83. The van der Waals surface area contributed by atoms with E-state index in [0.717, 1.165) is 12.2 Å². The van der Waals surface area contributed by atoms with Gasteiger partial charge in [0.1, 0.15) is 0 Å². The highest BCUT2D eigenvalue weighted by molar-refractivity contribution is 7.98. The number of halogens is 1. The molecule has 0 radical (unpaired) electrons. The van der Waals surface area contributed by atoms with Gasteiger partial charge in [0.2, 0.25) is 10.0 Å². The fraction of sp³-hybridized carbons (Fsp3) is 0.462. The molecule has 0 saturated carbocycles. The summed E-state index contributed by atoms with van der Waals surface area (Å²) in [7, 11) is -3.46. The van der Waals surface area contributed by atoms with Crippen LogP contribution in [0, 0.1) is 11.3 Å². The van der Waals surface area contributed by atoms with Gasteiger partial charge in [0.05, 0.1) is 17.4 Å². The lowest BCUT2D eigenvalue weighted by Gasteiger charge is -2.14. The normalized spacial score (nSPS) is 12.9. The van der Waals surface area contributed by atoms with Crippen molar-refractivity contribution in [2.45, 2.75) is 25.1 Å². The zero-order valence-electron chi connectivity index (χ0n) is 11.4. The van der Waals surface area contributed by atoms with E-state index in [1.54, 1.807) is 23.9 Å². The molecule has 0 aliphatic carbocycles. The molecule has 1 atom stereocenters. The number of hydrogen-bond acceptors (Lipinski definition) is 4. The number of thioether (sulfide) groups is 1. The van der Waals surface area contributed by atoms with Crippen molar-refractivity contribution in [3.8, 4) is 6.07 Å². The highest BCUT2D eigenvalue weighted by Gasteiger charge is 2.17. The fourth-order valence-electron chi connectivity index (χ4n) is 1.69. The van der Waals surface area contributed by atoms with Gasteiger partial charge in [0, 0.05) is 11.1 Å². The van der Waals surface area contributed by atoms with Gasteiger partial charge in [-0.1, -0.05) is 17.7 Å². The Morgan fingerprint density at radius 2 is 2.20 bits per heavy atom. The Morgan fingerprint density at radius 1 is 1.50 bits per heavy atom. The molecule has 0 heterocycles. The van der Waals surface area contributed by atoms with Crippen LogP contribution in [0.2, 0.25) is 5.02 Å². The maximum absolute atomic E-state index is 12.1. The van der Waals surface area contributed by atoms with E-state index in [0.29, 0.717) is 16.1 Å². The van der Waals surface area contributed by atoms with Crippen molar-refractivity contribution in [1.29, 1.82) is 5.26 Å². The van der Waals surface area contributed by atoms with Crippen LogP contribution in [0.3, 0.4) is 0 Å². The third-order valence-corrected chi connectivity index (χ3v) is 5.01. The summed E-state index contributed by atoms with van der Waals surface area (Å²) < 4.78 is 26.8. The molecule has 0 amide bonds. The minimum atomic E-state index is -3.46. The number of rotatable bonds is 7. The summed E-state index contributed by atoms with van der Waals surface area (Å²) in [5, 5.41) is 9.43. The first-order valence-corrected chi connectivity index (χ1v) is 9.48. The van der Waals surface area contributed by atoms with Crippen LogP contribution in [0.15, 0.2) is 18.2 Å². The molecule has 0 aliphatic heterocycles. The van der Waals surface area contributed by atoms with Crippen molar-refractivity contribution in [1.82, 2.24) is 4.72 Å². The van der Waals surface area contributed by atoms with Crippen molar-refractivity contribution in [2.24, 2.45) is 0 Å². The van der Waals surface area contributed by atoms with Crippen LogP contribution >= 0.6 is 23.4 Å². The molecule has 4 nitrogen and oxygen atoms in total. The monoisotopic (exact) mass is 332 g/mol. The predicted octanol–water partition coefficient (Wildman–Crippen LogP) is 2.77. The van der Waals surface area contributed by atoms with Crippen molar-refractivity contribution in [3.05, 3.63) is 34.3 Å². The van der Waals surface area contributed by atoms with Crippen molar-refractivity contribution in [3.63, 3.8) is 0 Å². The second kappa shape index (κ2) is 7.89. The molecule has 20 heavy (non-hydrogen) atoms. The Hall–Kier alpha value is -0.740. The first kappa shape index (κ1) is 17.3. The smallest absolute Gasteiger partial charge is 0.212 e. The van der Waals surface area contributed by atoms with Gasteiger partial charge in [0.15, 0.2) is 0 Å². The highest BCUT2D eigenvalue weighted by Crippen LogP contribution is 2.17. The Labute approximate surface area is 129 Å². The number of nitrogens with zero attached hydrogens (tertiary/aromatic N) is 1. The van der Waals surface area contributed by atoms with E-state index in [1.165, 1.54) is 6.07 Å². The third kappa shape index (κ3) is 5.71. The van der Waals surface area contributed by atoms with E-state index in [4.69, 9.17) is 16.9 Å². The minimum absolute atomic E-state index is 0.120. The molecule has 1 rings (SSSR count). The fourth-order valence-corrected chi connectivity index (χ4v) is 3.92. The second-order valence-corrected chi connectivity index (χ2v) is 7.65. The Bertz CT molecular complexity index is 597. The van der Waals surface area contributed by atoms with Crippen molar-refractivity contribution in [2.75, 3.05) is 12.0 Å². The molecule has 0 unspecified atom stereocenters. The lowest BCUT2D eigenvalue weighted by Crippen LogP contribution is -2.34. The zero-order chi connectivity index (χ0) is 15.2. The van der Waals surface area contributed by atoms with Gasteiger partial charge in [0.25, 0.3) is 0 Å². The molecule has 1 aromatic rings. The number of benzene rings is 1. The summed E-state index contributed by atoms with van der Waals surface area (Å²) in [5.74, 6) is 0.685. The van der Waals surface area contributed by atoms with Crippen LogP contribution in [0.5, 0.6) is 0 Å². The van der Waals surface area contributed by atoms with E-state index in [2.05, 4.69) is 4.72 Å². The molecule has 0 aliphatic rings. The molecule has 1 aromatic carbocycles. The van der Waals surface area contributed by atoms with Crippen LogP contribution in [-0.2, 0) is 15.8 Å². The minimum Gasteiger partial charge on any atom is -0.212 e. The molecular formula is C13H17ClN2O2S2. The summed E-state index contributed by atoms with van der Waals surface area (Å²) in [6.07, 6.45) is 2.75. The van der Waals surface area contributed by atoms with Gasteiger partial charge >= 0.3 is 0 Å². The Morgan fingerprint density at radius 3 is 2.80 bits per heavy atom. The third-order valence-electron chi connectivity index (χ3n) is 2.67. The SMILES string of the molecule is CSCC[C@@H](C)NS(=O)(=O)Cc1ccc(Cl)cc1C#N. The van der Waals surface area contributed by atoms with Gasteiger partial charge in [-0.2, -0.15) is 17.0 Å². The van der Waals surface area contributed by atoms with Crippen molar-refractivity contribution < 1.29 is 8.42 Å². The summed E-state index contributed by atoms with van der Waals surface area (Å²) in [5.41, 5.74) is 0.751. The standard InChI is InChI=1S/C13H17ClN2O2S2/c1-10(5-6-19-2)16-20(17,18)9-11-3-4-13(14)7-12(11)8-15/h3-4,7,10,16H,5-6,9H2,1-2H3/t10-/m1/s1. The van der Waals surface area contributed by atoms with Gasteiger partial charge in [-0.3, -0.25) is 0 Å². The molecule has 110 valence electrons. The van der Waals surface area contributed by atoms with Crippen molar-refractivity contribution >= 4 is 33.4 Å². The highest BCUT2D eigenvalue weighted by atomic mass is 35.5. The molecule has 0 fully saturated rings. The largest absolute Gasteiger partial charge is 0.216 e. The van der Waals surface area contributed by atoms with E-state index >= 15 is 0 Å².